The second-order valence-corrected chi connectivity index (χ2v) is 8.96. The summed E-state index contributed by atoms with van der Waals surface area (Å²) in [6.07, 6.45) is 5.60. The number of hydrogen-bond acceptors (Lipinski definition) is 5. The number of ether oxygens (including phenoxy) is 1. The molecule has 0 unspecified atom stereocenters. The first-order valence-corrected chi connectivity index (χ1v) is 12.3. The highest BCUT2D eigenvalue weighted by molar-refractivity contribution is 5.95. The summed E-state index contributed by atoms with van der Waals surface area (Å²) < 4.78 is 5.42. The van der Waals surface area contributed by atoms with Crippen molar-refractivity contribution >= 4 is 28.4 Å². The Balaban J connectivity index is 1.41. The number of nitrogens with one attached hydrogen (secondary N) is 2. The van der Waals surface area contributed by atoms with Gasteiger partial charge in [0.15, 0.2) is 0 Å². The molecule has 186 valence electrons. The Morgan fingerprint density at radius 3 is 2.49 bits per heavy atom. The fraction of sp³-hybridized carbons (Fsp3) is 0.407. The lowest BCUT2D eigenvalue weighted by molar-refractivity contribution is -0.129. The molecular weight excluding hydrogens is 444 g/mol. The third kappa shape index (κ3) is 6.91. The number of nitrogens with zero attached hydrogens (tertiary/aromatic N) is 2. The number of aromatic amines is 1. The van der Waals surface area contributed by atoms with E-state index in [9.17, 15) is 9.59 Å². The number of carbonyl (C=O) groups is 2. The summed E-state index contributed by atoms with van der Waals surface area (Å²) in [7, 11) is 0. The number of unbranched alkanes of at least 4 members (excludes halogenated alkanes) is 3. The van der Waals surface area contributed by atoms with E-state index < -0.39 is 0 Å². The molecule has 0 bridgehead atoms. The van der Waals surface area contributed by atoms with Crippen molar-refractivity contribution in [2.24, 2.45) is 0 Å². The summed E-state index contributed by atoms with van der Waals surface area (Å²) in [5.41, 5.74) is 5.90. The molecule has 2 amide bonds. The van der Waals surface area contributed by atoms with Crippen LogP contribution in [0.15, 0.2) is 54.7 Å². The highest BCUT2D eigenvalue weighted by Gasteiger charge is 2.20. The highest BCUT2D eigenvalue weighted by Crippen LogP contribution is 2.26. The van der Waals surface area contributed by atoms with Gasteiger partial charge in [-0.25, -0.2) is 5.48 Å². The molecule has 1 saturated heterocycles. The zero-order chi connectivity index (χ0) is 24.5. The van der Waals surface area contributed by atoms with Crippen LogP contribution in [0.5, 0.6) is 0 Å². The van der Waals surface area contributed by atoms with Crippen LogP contribution in [-0.2, 0) is 14.3 Å². The van der Waals surface area contributed by atoms with Crippen molar-refractivity contribution in [2.75, 3.05) is 44.3 Å². The van der Waals surface area contributed by atoms with E-state index in [1.54, 1.807) is 5.48 Å². The maximum Gasteiger partial charge on any atom is 0.243 e. The number of H-pyrrole nitrogens is 1. The van der Waals surface area contributed by atoms with Gasteiger partial charge in [0.1, 0.15) is 0 Å². The number of anilines is 1. The molecule has 0 saturated carbocycles. The van der Waals surface area contributed by atoms with Gasteiger partial charge in [0.05, 0.1) is 19.8 Å². The molecular formula is C27H34N4O4. The Kier molecular flexibility index (Phi) is 8.89. The lowest BCUT2D eigenvalue weighted by Crippen LogP contribution is -2.45. The normalized spacial score (nSPS) is 14.2. The number of hydrogen-bond donors (Lipinski definition) is 3. The Hall–Kier alpha value is -3.20. The van der Waals surface area contributed by atoms with Crippen molar-refractivity contribution < 1.29 is 19.5 Å². The van der Waals surface area contributed by atoms with Crippen LogP contribution in [0.3, 0.4) is 0 Å². The molecule has 1 aliphatic heterocycles. The molecule has 0 aliphatic carbocycles. The summed E-state index contributed by atoms with van der Waals surface area (Å²) >= 11 is 0. The molecule has 8 nitrogen and oxygen atoms in total. The van der Waals surface area contributed by atoms with E-state index in [1.807, 2.05) is 23.2 Å². The van der Waals surface area contributed by atoms with Gasteiger partial charge in [0.25, 0.3) is 0 Å². The first-order valence-electron chi connectivity index (χ1n) is 12.3. The summed E-state index contributed by atoms with van der Waals surface area (Å²) in [4.78, 5) is 31.7. The van der Waals surface area contributed by atoms with Gasteiger partial charge in [-0.05, 0) is 53.6 Å². The second kappa shape index (κ2) is 12.5. The number of carbonyl (C=O) groups excluding carboxylic acids is 2. The molecule has 1 fully saturated rings. The van der Waals surface area contributed by atoms with Crippen LogP contribution >= 0.6 is 0 Å². The molecule has 3 aromatic rings. The Bertz CT molecular complexity index is 1110. The van der Waals surface area contributed by atoms with Crippen molar-refractivity contribution in [1.82, 2.24) is 15.4 Å². The average molecular weight is 479 g/mol. The Morgan fingerprint density at radius 2 is 1.71 bits per heavy atom. The molecule has 0 spiro atoms. The van der Waals surface area contributed by atoms with E-state index in [1.165, 1.54) is 5.39 Å². The largest absolute Gasteiger partial charge is 0.379 e. The third-order valence-corrected chi connectivity index (χ3v) is 6.49. The Labute approximate surface area is 205 Å². The summed E-state index contributed by atoms with van der Waals surface area (Å²) in [5.74, 6) is -0.269. The first-order chi connectivity index (χ1) is 17.1. The van der Waals surface area contributed by atoms with Crippen LogP contribution in [0.1, 0.15) is 32.1 Å². The predicted octanol–water partition coefficient (Wildman–Crippen LogP) is 3.96. The summed E-state index contributed by atoms with van der Waals surface area (Å²) in [6.45, 7) is 3.87. The average Bonchev–Trinajstić information content (AvgIpc) is 3.37. The van der Waals surface area contributed by atoms with Gasteiger partial charge in [-0.3, -0.25) is 19.7 Å². The molecule has 8 heteroatoms. The maximum absolute atomic E-state index is 13.3. The van der Waals surface area contributed by atoms with Gasteiger partial charge in [-0.1, -0.05) is 37.1 Å². The number of fused-ring (bicyclic) bond motifs is 1. The number of rotatable bonds is 11. The fourth-order valence-electron chi connectivity index (χ4n) is 4.46. The summed E-state index contributed by atoms with van der Waals surface area (Å²) in [5, 5.41) is 9.79. The van der Waals surface area contributed by atoms with E-state index >= 15 is 0 Å². The van der Waals surface area contributed by atoms with Crippen molar-refractivity contribution in [3.63, 3.8) is 0 Å². The molecule has 2 heterocycles. The topological polar surface area (TPSA) is 97.9 Å². The maximum atomic E-state index is 13.3. The minimum atomic E-state index is -0.358. The van der Waals surface area contributed by atoms with Crippen LogP contribution in [0.25, 0.3) is 22.0 Å². The molecule has 4 rings (SSSR count). The quantitative estimate of drug-likeness (QED) is 0.220. The SMILES string of the molecule is O=C(CCCCCCN(C(=O)CN1CCOCC1)c1ccc(-c2ccc3cc[nH]c3c2)cc1)NO. The van der Waals surface area contributed by atoms with Crippen LogP contribution < -0.4 is 10.4 Å². The lowest BCUT2D eigenvalue weighted by Gasteiger charge is -2.30. The van der Waals surface area contributed by atoms with Crippen LogP contribution in [0.4, 0.5) is 5.69 Å². The Morgan fingerprint density at radius 1 is 0.971 bits per heavy atom. The van der Waals surface area contributed by atoms with Gasteiger partial charge in [0, 0.05) is 43.5 Å². The molecule has 0 radical (unpaired) electrons. The van der Waals surface area contributed by atoms with Crippen molar-refractivity contribution in [3.05, 3.63) is 54.7 Å². The molecule has 1 aromatic heterocycles. The third-order valence-electron chi connectivity index (χ3n) is 6.49. The number of aromatic nitrogens is 1. The predicted molar refractivity (Wildman–Crippen MR) is 136 cm³/mol. The molecule has 35 heavy (non-hydrogen) atoms. The molecule has 0 atom stereocenters. The van der Waals surface area contributed by atoms with E-state index in [2.05, 4.69) is 46.3 Å². The monoisotopic (exact) mass is 478 g/mol. The van der Waals surface area contributed by atoms with Gasteiger partial charge in [-0.2, -0.15) is 0 Å². The second-order valence-electron chi connectivity index (χ2n) is 8.96. The number of hydroxylamine groups is 1. The highest BCUT2D eigenvalue weighted by atomic mass is 16.5. The van der Waals surface area contributed by atoms with Crippen LogP contribution in [0.2, 0.25) is 0 Å². The van der Waals surface area contributed by atoms with Gasteiger partial charge < -0.3 is 14.6 Å². The molecule has 2 aromatic carbocycles. The van der Waals surface area contributed by atoms with Crippen molar-refractivity contribution in [2.45, 2.75) is 32.1 Å². The standard InChI is InChI=1S/C27H34N4O4/c32-26(29-34)5-3-1-2-4-14-31(27(33)20-30-15-17-35-18-16-30)24-10-8-21(9-11-24)23-7-6-22-12-13-28-25(22)19-23/h6-13,19,28,34H,1-5,14-18,20H2,(H,29,32). The van der Waals surface area contributed by atoms with Gasteiger partial charge in [-0.15, -0.1) is 0 Å². The molecule has 3 N–H and O–H groups in total. The fourth-order valence-corrected chi connectivity index (χ4v) is 4.46. The van der Waals surface area contributed by atoms with Crippen molar-refractivity contribution in [3.8, 4) is 11.1 Å². The van der Waals surface area contributed by atoms with E-state index in [4.69, 9.17) is 9.94 Å². The lowest BCUT2D eigenvalue weighted by atomic mass is 10.0. The smallest absolute Gasteiger partial charge is 0.243 e. The van der Waals surface area contributed by atoms with Crippen LogP contribution in [-0.4, -0.2) is 66.3 Å². The van der Waals surface area contributed by atoms with E-state index in [0.29, 0.717) is 39.1 Å². The number of benzene rings is 2. The van der Waals surface area contributed by atoms with E-state index in [0.717, 1.165) is 54.7 Å². The summed E-state index contributed by atoms with van der Waals surface area (Å²) in [6, 6.07) is 16.6. The van der Waals surface area contributed by atoms with Crippen molar-refractivity contribution in [1.29, 1.82) is 0 Å². The van der Waals surface area contributed by atoms with Crippen LogP contribution in [0, 0.1) is 0 Å². The first kappa shape index (κ1) is 24.9. The number of amides is 2. The van der Waals surface area contributed by atoms with Gasteiger partial charge in [0.2, 0.25) is 11.8 Å². The minimum absolute atomic E-state index is 0.0899. The minimum Gasteiger partial charge on any atom is -0.379 e. The molecule has 1 aliphatic rings. The zero-order valence-electron chi connectivity index (χ0n) is 20.0. The zero-order valence-corrected chi connectivity index (χ0v) is 20.0. The number of morpholine rings is 1. The van der Waals surface area contributed by atoms with E-state index in [-0.39, 0.29) is 11.8 Å². The van der Waals surface area contributed by atoms with Gasteiger partial charge >= 0.3 is 0 Å².